The van der Waals surface area contributed by atoms with Crippen LogP contribution in [0.5, 0.6) is 0 Å². The average molecular weight is 345 g/mol. The van der Waals surface area contributed by atoms with E-state index in [9.17, 15) is 9.59 Å². The maximum absolute atomic E-state index is 12.2. The fourth-order valence-corrected chi connectivity index (χ4v) is 2.62. The molecule has 7 nitrogen and oxygen atoms in total. The van der Waals surface area contributed by atoms with Gasteiger partial charge in [-0.3, -0.25) is 0 Å². The lowest BCUT2D eigenvalue weighted by Crippen LogP contribution is -2.47. The smallest absolute Gasteiger partial charge is 0.329 e. The third kappa shape index (κ3) is 3.45. The predicted molar refractivity (Wildman–Crippen MR) is 93.4 cm³/mol. The average Bonchev–Trinajstić information content (AvgIpc) is 3.03. The number of hydrogen-bond acceptors (Lipinski definition) is 5. The van der Waals surface area contributed by atoms with Crippen LogP contribution < -0.4 is 10.6 Å². The van der Waals surface area contributed by atoms with Crippen molar-refractivity contribution in [1.82, 2.24) is 10.3 Å². The third-order valence-electron chi connectivity index (χ3n) is 4.17. The van der Waals surface area contributed by atoms with Crippen LogP contribution in [-0.2, 0) is 14.9 Å². The molecule has 2 N–H and O–H groups in total. The Morgan fingerprint density at radius 1 is 1.32 bits per heavy atom. The molecule has 0 radical (unpaired) electrons. The highest BCUT2D eigenvalue weighted by molar-refractivity contribution is 5.94. The monoisotopic (exact) mass is 345 g/mol. The van der Waals surface area contributed by atoms with Gasteiger partial charge in [0.15, 0.2) is 5.58 Å². The Bertz CT molecular complexity index is 832. The molecule has 1 aromatic heterocycles. The third-order valence-corrected chi connectivity index (χ3v) is 4.17. The van der Waals surface area contributed by atoms with Gasteiger partial charge in [-0.05, 0) is 18.2 Å². The Kier molecular flexibility index (Phi) is 3.97. The maximum atomic E-state index is 12.2. The molecule has 7 heteroatoms. The molecule has 2 heterocycles. The minimum absolute atomic E-state index is 0.196. The highest BCUT2D eigenvalue weighted by atomic mass is 16.5. The van der Waals surface area contributed by atoms with Gasteiger partial charge < -0.3 is 19.8 Å². The first-order chi connectivity index (χ1) is 11.6. The van der Waals surface area contributed by atoms with E-state index in [1.165, 1.54) is 0 Å². The van der Waals surface area contributed by atoms with E-state index in [2.05, 4.69) is 15.6 Å². The number of carbonyl (C=O) groups excluding carboxylic acids is 2. The number of aromatic nitrogens is 1. The Morgan fingerprint density at radius 3 is 2.64 bits per heavy atom. The van der Waals surface area contributed by atoms with Gasteiger partial charge in [0, 0.05) is 16.5 Å². The lowest BCUT2D eigenvalue weighted by Gasteiger charge is -2.22. The molecule has 1 saturated heterocycles. The van der Waals surface area contributed by atoms with Crippen molar-refractivity contribution in [3.05, 3.63) is 24.1 Å². The van der Waals surface area contributed by atoms with Gasteiger partial charge in [0.05, 0.1) is 6.61 Å². The summed E-state index contributed by atoms with van der Waals surface area (Å²) in [6.07, 6.45) is 0. The molecule has 0 bridgehead atoms. The van der Waals surface area contributed by atoms with Crippen molar-refractivity contribution in [1.29, 1.82) is 0 Å². The highest BCUT2D eigenvalue weighted by Crippen LogP contribution is 2.29. The normalized spacial score (nSPS) is 19.7. The van der Waals surface area contributed by atoms with Gasteiger partial charge in [0.1, 0.15) is 11.6 Å². The van der Waals surface area contributed by atoms with Crippen LogP contribution >= 0.6 is 0 Å². The molecule has 134 valence electrons. The number of nitrogens with one attached hydrogen (secondary N) is 2. The number of oxazole rings is 1. The van der Waals surface area contributed by atoms with Gasteiger partial charge >= 0.3 is 12.0 Å². The largest absolute Gasteiger partial charge is 0.463 e. The molecule has 1 atom stereocenters. The maximum Gasteiger partial charge on any atom is 0.329 e. The van der Waals surface area contributed by atoms with E-state index >= 15 is 0 Å². The lowest BCUT2D eigenvalue weighted by molar-refractivity contribution is -0.139. The Balaban J connectivity index is 1.74. The summed E-state index contributed by atoms with van der Waals surface area (Å²) in [4.78, 5) is 28.5. The van der Waals surface area contributed by atoms with Crippen LogP contribution in [0.15, 0.2) is 22.6 Å². The molecule has 25 heavy (non-hydrogen) atoms. The quantitative estimate of drug-likeness (QED) is 0.815. The summed E-state index contributed by atoms with van der Waals surface area (Å²) in [6.45, 7) is 10.1. The number of esters is 1. The predicted octanol–water partition coefficient (Wildman–Crippen LogP) is 3.20. The molecule has 3 rings (SSSR count). The zero-order valence-corrected chi connectivity index (χ0v) is 15.1. The van der Waals surface area contributed by atoms with E-state index in [0.717, 1.165) is 0 Å². The topological polar surface area (TPSA) is 93.5 Å². The number of ether oxygens (including phenoxy) is 1. The highest BCUT2D eigenvalue weighted by Gasteiger charge is 2.44. The van der Waals surface area contributed by atoms with Crippen LogP contribution in [0, 0.1) is 5.41 Å². The van der Waals surface area contributed by atoms with Crippen molar-refractivity contribution in [3.63, 3.8) is 0 Å². The van der Waals surface area contributed by atoms with E-state index in [4.69, 9.17) is 9.15 Å². The number of benzene rings is 1. The van der Waals surface area contributed by atoms with Crippen molar-refractivity contribution in [3.8, 4) is 0 Å². The zero-order valence-electron chi connectivity index (χ0n) is 15.1. The standard InChI is InChI=1S/C18H23N3O4/c1-17(2,3)15-20-11-8-10(6-7-12(11)25-15)19-16(23)21-13-14(22)24-9-18(13,4)5/h6-8,13H,9H2,1-5H3,(H2,19,21,23). The van der Waals surface area contributed by atoms with E-state index in [0.29, 0.717) is 22.7 Å². The number of anilines is 1. The van der Waals surface area contributed by atoms with Gasteiger partial charge in [-0.15, -0.1) is 0 Å². The molecule has 1 unspecified atom stereocenters. The minimum Gasteiger partial charge on any atom is -0.463 e. The van der Waals surface area contributed by atoms with Crippen LogP contribution in [0.1, 0.15) is 40.5 Å². The SMILES string of the molecule is CC(C)(C)c1nc2cc(NC(=O)NC3C(=O)OCC3(C)C)ccc2o1. The number of urea groups is 1. The molecule has 1 fully saturated rings. The van der Waals surface area contributed by atoms with Crippen molar-refractivity contribution >= 4 is 28.8 Å². The molecule has 1 aliphatic rings. The molecule has 0 spiro atoms. The number of hydrogen-bond donors (Lipinski definition) is 2. The van der Waals surface area contributed by atoms with Crippen LogP contribution in [0.4, 0.5) is 10.5 Å². The van der Waals surface area contributed by atoms with Crippen LogP contribution in [0.3, 0.4) is 0 Å². The number of amides is 2. The second-order valence-corrected chi connectivity index (χ2v) is 8.08. The van der Waals surface area contributed by atoms with Crippen LogP contribution in [0.2, 0.25) is 0 Å². The van der Waals surface area contributed by atoms with Crippen molar-refractivity contribution < 1.29 is 18.7 Å². The Morgan fingerprint density at radius 2 is 2.04 bits per heavy atom. The van der Waals surface area contributed by atoms with E-state index in [1.54, 1.807) is 18.2 Å². The van der Waals surface area contributed by atoms with Gasteiger partial charge in [-0.25, -0.2) is 14.6 Å². The number of nitrogens with zero attached hydrogens (tertiary/aromatic N) is 1. The van der Waals surface area contributed by atoms with Gasteiger partial charge in [-0.1, -0.05) is 34.6 Å². The molecule has 1 aromatic carbocycles. The van der Waals surface area contributed by atoms with Crippen molar-refractivity contribution in [2.24, 2.45) is 5.41 Å². The summed E-state index contributed by atoms with van der Waals surface area (Å²) in [5.74, 6) is 0.224. The van der Waals surface area contributed by atoms with Crippen LogP contribution in [0.25, 0.3) is 11.1 Å². The van der Waals surface area contributed by atoms with Crippen molar-refractivity contribution in [2.75, 3.05) is 11.9 Å². The first kappa shape index (κ1) is 17.3. The summed E-state index contributed by atoms with van der Waals surface area (Å²) >= 11 is 0. The summed E-state index contributed by atoms with van der Waals surface area (Å²) in [6, 6.07) is 4.11. The number of cyclic esters (lactones) is 1. The second kappa shape index (κ2) is 5.75. The molecule has 2 amide bonds. The van der Waals surface area contributed by atoms with Crippen LogP contribution in [-0.4, -0.2) is 29.6 Å². The van der Waals surface area contributed by atoms with E-state index in [-0.39, 0.29) is 12.0 Å². The molecule has 1 aliphatic heterocycles. The molecule has 0 saturated carbocycles. The summed E-state index contributed by atoms with van der Waals surface area (Å²) in [5.41, 5.74) is 1.27. The van der Waals surface area contributed by atoms with E-state index < -0.39 is 23.5 Å². The molecular formula is C18H23N3O4. The Labute approximate surface area is 146 Å². The summed E-state index contributed by atoms with van der Waals surface area (Å²) in [5, 5.41) is 5.40. The summed E-state index contributed by atoms with van der Waals surface area (Å²) in [7, 11) is 0. The van der Waals surface area contributed by atoms with Gasteiger partial charge in [0.2, 0.25) is 5.89 Å². The second-order valence-electron chi connectivity index (χ2n) is 8.08. The molecular weight excluding hydrogens is 322 g/mol. The number of fused-ring (bicyclic) bond motifs is 1. The molecule has 0 aliphatic carbocycles. The minimum atomic E-state index is -0.671. The number of rotatable bonds is 2. The van der Waals surface area contributed by atoms with Gasteiger partial charge in [0.25, 0.3) is 0 Å². The zero-order chi connectivity index (χ0) is 18.4. The first-order valence-electron chi connectivity index (χ1n) is 8.21. The van der Waals surface area contributed by atoms with Gasteiger partial charge in [-0.2, -0.15) is 0 Å². The lowest BCUT2D eigenvalue weighted by atomic mass is 9.88. The van der Waals surface area contributed by atoms with E-state index in [1.807, 2.05) is 34.6 Å². The summed E-state index contributed by atoms with van der Waals surface area (Å²) < 4.78 is 10.8. The first-order valence-corrected chi connectivity index (χ1v) is 8.21. The fourth-order valence-electron chi connectivity index (χ4n) is 2.62. The van der Waals surface area contributed by atoms with Crippen molar-refractivity contribution in [2.45, 2.75) is 46.1 Å². The Hall–Kier alpha value is -2.57. The molecule has 2 aromatic rings. The number of carbonyl (C=O) groups is 2. The fraction of sp³-hybridized carbons (Fsp3) is 0.500.